The molecule has 35 heavy (non-hydrogen) atoms. The number of nitrogens with zero attached hydrogens (tertiary/aromatic N) is 2. The highest BCUT2D eigenvalue weighted by molar-refractivity contribution is 9.10. The van der Waals surface area contributed by atoms with E-state index in [4.69, 9.17) is 4.74 Å². The number of ether oxygens (including phenoxy) is 1. The quantitative estimate of drug-likeness (QED) is 0.419. The van der Waals surface area contributed by atoms with E-state index in [1.165, 1.54) is 4.90 Å². The number of carbonyl (C=O) groups is 2. The van der Waals surface area contributed by atoms with E-state index in [-0.39, 0.29) is 18.5 Å². The van der Waals surface area contributed by atoms with Gasteiger partial charge in [-0.1, -0.05) is 38.1 Å². The summed E-state index contributed by atoms with van der Waals surface area (Å²) in [5.41, 5.74) is 1.11. The predicted octanol–water partition coefficient (Wildman–Crippen LogP) is 3.95. The van der Waals surface area contributed by atoms with Gasteiger partial charge in [0.15, 0.2) is 0 Å². The molecule has 1 N–H and O–H groups in total. The molecule has 0 fully saturated rings. The van der Waals surface area contributed by atoms with Crippen molar-refractivity contribution in [1.82, 2.24) is 10.2 Å². The number of benzene rings is 2. The lowest BCUT2D eigenvalue weighted by atomic mass is 10.1. The SMILES string of the molecule is CC[C@H](C)NC(=O)[C@H](CC)N(Cc1cccc(OC)c1)C(=O)CN(c1ccccc1Br)S(C)(=O)=O. The van der Waals surface area contributed by atoms with Crippen LogP contribution in [0.5, 0.6) is 5.75 Å². The van der Waals surface area contributed by atoms with Crippen molar-refractivity contribution in [3.05, 3.63) is 58.6 Å². The van der Waals surface area contributed by atoms with E-state index in [1.807, 2.05) is 26.8 Å². The highest BCUT2D eigenvalue weighted by Crippen LogP contribution is 2.28. The summed E-state index contributed by atoms with van der Waals surface area (Å²) in [5.74, 6) is -0.136. The lowest BCUT2D eigenvalue weighted by Gasteiger charge is -2.33. The molecule has 0 saturated carbocycles. The maximum absolute atomic E-state index is 13.7. The topological polar surface area (TPSA) is 96.0 Å². The molecule has 2 atom stereocenters. The maximum Gasteiger partial charge on any atom is 0.244 e. The number of sulfonamides is 1. The fraction of sp³-hybridized carbons (Fsp3) is 0.440. The summed E-state index contributed by atoms with van der Waals surface area (Å²) in [7, 11) is -2.24. The summed E-state index contributed by atoms with van der Waals surface area (Å²) in [6.45, 7) is 5.37. The molecule has 2 rings (SSSR count). The second-order valence-electron chi connectivity index (χ2n) is 8.34. The van der Waals surface area contributed by atoms with Crippen LogP contribution in [-0.4, -0.2) is 57.1 Å². The summed E-state index contributed by atoms with van der Waals surface area (Å²) < 4.78 is 32.3. The number of amides is 2. The smallest absolute Gasteiger partial charge is 0.244 e. The van der Waals surface area contributed by atoms with Crippen molar-refractivity contribution in [2.75, 3.05) is 24.2 Å². The first kappa shape index (κ1) is 28.6. The Labute approximate surface area is 216 Å². The second kappa shape index (κ2) is 12.9. The summed E-state index contributed by atoms with van der Waals surface area (Å²) in [6.07, 6.45) is 2.17. The van der Waals surface area contributed by atoms with Crippen LogP contribution in [0, 0.1) is 0 Å². The molecule has 0 aliphatic heterocycles. The number of hydrogen-bond acceptors (Lipinski definition) is 5. The molecule has 0 aromatic heterocycles. The lowest BCUT2D eigenvalue weighted by molar-refractivity contribution is -0.140. The molecule has 192 valence electrons. The van der Waals surface area contributed by atoms with Gasteiger partial charge in [0.25, 0.3) is 0 Å². The minimum absolute atomic E-state index is 0.0573. The molecule has 0 radical (unpaired) electrons. The Morgan fingerprint density at radius 1 is 1.09 bits per heavy atom. The first-order valence-electron chi connectivity index (χ1n) is 11.5. The second-order valence-corrected chi connectivity index (χ2v) is 11.1. The van der Waals surface area contributed by atoms with E-state index in [2.05, 4.69) is 21.2 Å². The van der Waals surface area contributed by atoms with E-state index in [0.29, 0.717) is 22.3 Å². The van der Waals surface area contributed by atoms with Gasteiger partial charge in [-0.3, -0.25) is 13.9 Å². The van der Waals surface area contributed by atoms with Crippen molar-refractivity contribution >= 4 is 43.5 Å². The summed E-state index contributed by atoms with van der Waals surface area (Å²) in [5, 5.41) is 2.95. The van der Waals surface area contributed by atoms with Crippen molar-refractivity contribution in [2.45, 2.75) is 52.2 Å². The third-order valence-electron chi connectivity index (χ3n) is 5.67. The largest absolute Gasteiger partial charge is 0.497 e. The fourth-order valence-corrected chi connectivity index (χ4v) is 5.05. The van der Waals surface area contributed by atoms with Gasteiger partial charge in [0.2, 0.25) is 21.8 Å². The monoisotopic (exact) mass is 567 g/mol. The number of methoxy groups -OCH3 is 1. The van der Waals surface area contributed by atoms with Crippen LogP contribution in [0.4, 0.5) is 5.69 Å². The summed E-state index contributed by atoms with van der Waals surface area (Å²) in [4.78, 5) is 28.3. The standard InChI is InChI=1S/C25H34BrN3O5S/c1-6-18(3)27-25(31)22(7-2)28(16-19-11-10-12-20(15-19)34-4)24(30)17-29(35(5,32)33)23-14-9-8-13-21(23)26/h8-15,18,22H,6-7,16-17H2,1-5H3,(H,27,31)/t18-,22-/m0/s1. The van der Waals surface area contributed by atoms with Gasteiger partial charge in [-0.05, 0) is 65.5 Å². The molecule has 0 heterocycles. The van der Waals surface area contributed by atoms with E-state index in [1.54, 1.807) is 49.6 Å². The highest BCUT2D eigenvalue weighted by Gasteiger charge is 2.32. The van der Waals surface area contributed by atoms with Crippen LogP contribution in [-0.2, 0) is 26.2 Å². The van der Waals surface area contributed by atoms with Crippen molar-refractivity contribution in [1.29, 1.82) is 0 Å². The predicted molar refractivity (Wildman–Crippen MR) is 142 cm³/mol. The minimum atomic E-state index is -3.79. The Hall–Kier alpha value is -2.59. The Morgan fingerprint density at radius 2 is 1.77 bits per heavy atom. The number of nitrogens with one attached hydrogen (secondary N) is 1. The van der Waals surface area contributed by atoms with E-state index >= 15 is 0 Å². The number of halogens is 1. The van der Waals surface area contributed by atoms with Crippen LogP contribution in [0.3, 0.4) is 0 Å². The van der Waals surface area contributed by atoms with Crippen LogP contribution in [0.25, 0.3) is 0 Å². The lowest BCUT2D eigenvalue weighted by Crippen LogP contribution is -2.53. The summed E-state index contributed by atoms with van der Waals surface area (Å²) >= 11 is 3.38. The molecule has 0 spiro atoms. The molecule has 0 saturated heterocycles. The average molecular weight is 569 g/mol. The van der Waals surface area contributed by atoms with Crippen molar-refractivity contribution in [2.24, 2.45) is 0 Å². The van der Waals surface area contributed by atoms with Gasteiger partial charge in [-0.2, -0.15) is 0 Å². The van der Waals surface area contributed by atoms with E-state index < -0.39 is 28.5 Å². The first-order chi connectivity index (χ1) is 16.5. The molecule has 2 aromatic carbocycles. The Bertz CT molecular complexity index is 1130. The zero-order valence-electron chi connectivity index (χ0n) is 20.8. The van der Waals surface area contributed by atoms with Crippen LogP contribution >= 0.6 is 15.9 Å². The molecule has 2 amide bonds. The van der Waals surface area contributed by atoms with Crippen LogP contribution < -0.4 is 14.4 Å². The number of para-hydroxylation sites is 1. The number of rotatable bonds is 12. The van der Waals surface area contributed by atoms with E-state index in [9.17, 15) is 18.0 Å². The Balaban J connectivity index is 2.47. The highest BCUT2D eigenvalue weighted by atomic mass is 79.9. The van der Waals surface area contributed by atoms with Gasteiger partial charge < -0.3 is 15.0 Å². The molecular weight excluding hydrogens is 534 g/mol. The Kier molecular flexibility index (Phi) is 10.6. The molecule has 0 aliphatic rings. The Morgan fingerprint density at radius 3 is 2.34 bits per heavy atom. The van der Waals surface area contributed by atoms with Crippen molar-refractivity contribution < 1.29 is 22.7 Å². The van der Waals surface area contributed by atoms with Gasteiger partial charge >= 0.3 is 0 Å². The minimum Gasteiger partial charge on any atom is -0.497 e. The first-order valence-corrected chi connectivity index (χ1v) is 14.1. The fourth-order valence-electron chi connectivity index (χ4n) is 3.58. The van der Waals surface area contributed by atoms with Gasteiger partial charge in [0.05, 0.1) is 19.1 Å². The molecule has 10 heteroatoms. The number of anilines is 1. The van der Waals surface area contributed by atoms with Crippen LogP contribution in [0.1, 0.15) is 39.2 Å². The zero-order chi connectivity index (χ0) is 26.2. The van der Waals surface area contributed by atoms with Crippen molar-refractivity contribution in [3.63, 3.8) is 0 Å². The average Bonchev–Trinajstić information content (AvgIpc) is 2.82. The van der Waals surface area contributed by atoms with E-state index in [0.717, 1.165) is 22.5 Å². The third-order valence-corrected chi connectivity index (χ3v) is 7.47. The third kappa shape index (κ3) is 7.96. The number of hydrogen-bond donors (Lipinski definition) is 1. The van der Waals surface area contributed by atoms with Gasteiger partial charge in [-0.15, -0.1) is 0 Å². The van der Waals surface area contributed by atoms with Gasteiger partial charge in [0.1, 0.15) is 18.3 Å². The van der Waals surface area contributed by atoms with Gasteiger partial charge in [0, 0.05) is 17.1 Å². The molecule has 2 aromatic rings. The zero-order valence-corrected chi connectivity index (χ0v) is 23.2. The summed E-state index contributed by atoms with van der Waals surface area (Å²) in [6, 6.07) is 13.2. The van der Waals surface area contributed by atoms with Crippen LogP contribution in [0.2, 0.25) is 0 Å². The molecule has 8 nitrogen and oxygen atoms in total. The van der Waals surface area contributed by atoms with Crippen molar-refractivity contribution in [3.8, 4) is 5.75 Å². The molecule has 0 aliphatic carbocycles. The normalized spacial score (nSPS) is 13.0. The molecule has 0 unspecified atom stereocenters. The molecular formula is C25H34BrN3O5S. The maximum atomic E-state index is 13.7. The van der Waals surface area contributed by atoms with Gasteiger partial charge in [-0.25, -0.2) is 8.42 Å². The van der Waals surface area contributed by atoms with Crippen LogP contribution in [0.15, 0.2) is 53.0 Å². The molecule has 0 bridgehead atoms. The number of carbonyl (C=O) groups excluding carboxylic acids is 2.